The number of methoxy groups -OCH3 is 1. The zero-order chi connectivity index (χ0) is 16.9. The van der Waals surface area contributed by atoms with Crippen molar-refractivity contribution in [2.45, 2.75) is 6.92 Å². The molecule has 0 saturated carbocycles. The molecule has 6 nitrogen and oxygen atoms in total. The van der Waals surface area contributed by atoms with Gasteiger partial charge in [0.25, 0.3) is 5.91 Å². The number of pyridine rings is 1. The van der Waals surface area contributed by atoms with Gasteiger partial charge in [-0.15, -0.1) is 0 Å². The number of rotatable bonds is 4. The van der Waals surface area contributed by atoms with Crippen molar-refractivity contribution in [1.29, 1.82) is 0 Å². The van der Waals surface area contributed by atoms with Crippen molar-refractivity contribution in [2.24, 2.45) is 0 Å². The van der Waals surface area contributed by atoms with Crippen LogP contribution in [0.3, 0.4) is 0 Å². The van der Waals surface area contributed by atoms with Crippen molar-refractivity contribution in [1.82, 2.24) is 4.98 Å². The zero-order valence-electron chi connectivity index (χ0n) is 13.9. The van der Waals surface area contributed by atoms with Crippen LogP contribution in [-0.4, -0.2) is 44.3 Å². The molecule has 1 saturated heterocycles. The minimum atomic E-state index is -0.186. The number of benzene rings is 1. The first kappa shape index (κ1) is 16.3. The fraction of sp³-hybridized carbons (Fsp3) is 0.333. The molecule has 1 aliphatic rings. The molecule has 0 unspecified atom stereocenters. The molecule has 1 aromatic carbocycles. The van der Waals surface area contributed by atoms with Gasteiger partial charge in [0, 0.05) is 18.7 Å². The van der Waals surface area contributed by atoms with Crippen LogP contribution in [0.4, 0.5) is 11.5 Å². The van der Waals surface area contributed by atoms with Gasteiger partial charge in [-0.2, -0.15) is 0 Å². The van der Waals surface area contributed by atoms with Gasteiger partial charge in [-0.25, -0.2) is 4.98 Å². The largest absolute Gasteiger partial charge is 0.496 e. The number of hydrogen-bond acceptors (Lipinski definition) is 5. The maximum absolute atomic E-state index is 12.4. The summed E-state index contributed by atoms with van der Waals surface area (Å²) in [5, 5.41) is 2.86. The van der Waals surface area contributed by atoms with E-state index in [2.05, 4.69) is 15.2 Å². The van der Waals surface area contributed by atoms with E-state index >= 15 is 0 Å². The number of anilines is 2. The highest BCUT2D eigenvalue weighted by Crippen LogP contribution is 2.20. The number of nitrogens with one attached hydrogen (secondary N) is 1. The Morgan fingerprint density at radius 1 is 1.25 bits per heavy atom. The number of nitrogens with zero attached hydrogens (tertiary/aromatic N) is 2. The summed E-state index contributed by atoms with van der Waals surface area (Å²) in [6, 6.07) is 9.16. The first-order valence-electron chi connectivity index (χ1n) is 7.92. The van der Waals surface area contributed by atoms with Crippen molar-refractivity contribution in [3.63, 3.8) is 0 Å². The quantitative estimate of drug-likeness (QED) is 0.935. The van der Waals surface area contributed by atoms with E-state index in [0.29, 0.717) is 17.0 Å². The van der Waals surface area contributed by atoms with Crippen LogP contribution in [0.25, 0.3) is 0 Å². The Morgan fingerprint density at radius 3 is 2.71 bits per heavy atom. The van der Waals surface area contributed by atoms with Crippen LogP contribution in [0.5, 0.6) is 5.75 Å². The van der Waals surface area contributed by atoms with Gasteiger partial charge < -0.3 is 19.7 Å². The summed E-state index contributed by atoms with van der Waals surface area (Å²) in [6.07, 6.45) is 1.67. The summed E-state index contributed by atoms with van der Waals surface area (Å²) in [4.78, 5) is 19.0. The number of aromatic nitrogens is 1. The lowest BCUT2D eigenvalue weighted by Gasteiger charge is -2.27. The average Bonchev–Trinajstić information content (AvgIpc) is 2.63. The zero-order valence-corrected chi connectivity index (χ0v) is 13.9. The summed E-state index contributed by atoms with van der Waals surface area (Å²) in [5.74, 6) is 1.41. The topological polar surface area (TPSA) is 63.7 Å². The monoisotopic (exact) mass is 327 g/mol. The molecular formula is C18H21N3O3. The number of carbonyl (C=O) groups excluding carboxylic acids is 1. The Kier molecular flexibility index (Phi) is 4.96. The molecule has 1 N–H and O–H groups in total. The lowest BCUT2D eigenvalue weighted by atomic mass is 10.1. The van der Waals surface area contributed by atoms with E-state index in [1.807, 2.05) is 25.1 Å². The van der Waals surface area contributed by atoms with Crippen molar-refractivity contribution in [3.05, 3.63) is 47.7 Å². The minimum absolute atomic E-state index is 0.186. The average molecular weight is 327 g/mol. The highest BCUT2D eigenvalue weighted by molar-refractivity contribution is 6.04. The predicted molar refractivity (Wildman–Crippen MR) is 93.0 cm³/mol. The normalized spacial score (nSPS) is 14.3. The highest BCUT2D eigenvalue weighted by Gasteiger charge is 2.13. The fourth-order valence-electron chi connectivity index (χ4n) is 2.60. The summed E-state index contributed by atoms with van der Waals surface area (Å²) in [6.45, 7) is 5.05. The molecule has 24 heavy (non-hydrogen) atoms. The van der Waals surface area contributed by atoms with Gasteiger partial charge in [0.05, 0.1) is 32.2 Å². The van der Waals surface area contributed by atoms with Gasteiger partial charge in [0.15, 0.2) is 0 Å². The predicted octanol–water partition coefficient (Wildman–Crippen LogP) is 2.49. The lowest BCUT2D eigenvalue weighted by molar-refractivity contribution is 0.102. The van der Waals surface area contributed by atoms with E-state index < -0.39 is 0 Å². The van der Waals surface area contributed by atoms with Gasteiger partial charge in [-0.3, -0.25) is 4.79 Å². The van der Waals surface area contributed by atoms with Crippen molar-refractivity contribution >= 4 is 17.4 Å². The van der Waals surface area contributed by atoms with Gasteiger partial charge in [-0.1, -0.05) is 6.07 Å². The molecule has 0 atom stereocenters. The molecule has 1 fully saturated rings. The first-order valence-corrected chi connectivity index (χ1v) is 7.92. The molecule has 0 spiro atoms. The summed E-state index contributed by atoms with van der Waals surface area (Å²) < 4.78 is 10.6. The first-order chi connectivity index (χ1) is 11.7. The summed E-state index contributed by atoms with van der Waals surface area (Å²) >= 11 is 0. The molecule has 0 radical (unpaired) electrons. The van der Waals surface area contributed by atoms with E-state index in [4.69, 9.17) is 9.47 Å². The van der Waals surface area contributed by atoms with Crippen LogP contribution in [0.15, 0.2) is 36.5 Å². The molecular weight excluding hydrogens is 306 g/mol. The molecule has 2 heterocycles. The van der Waals surface area contributed by atoms with Crippen LogP contribution in [0, 0.1) is 6.92 Å². The van der Waals surface area contributed by atoms with Crippen LogP contribution in [-0.2, 0) is 4.74 Å². The third-order valence-corrected chi connectivity index (χ3v) is 4.01. The Labute approximate surface area is 141 Å². The third kappa shape index (κ3) is 3.65. The Bertz CT molecular complexity index is 710. The summed E-state index contributed by atoms with van der Waals surface area (Å²) in [5.41, 5.74) is 2.21. The maximum atomic E-state index is 12.4. The van der Waals surface area contributed by atoms with Gasteiger partial charge in [-0.05, 0) is 36.8 Å². The molecule has 1 amide bonds. The van der Waals surface area contributed by atoms with Crippen molar-refractivity contribution in [3.8, 4) is 5.75 Å². The van der Waals surface area contributed by atoms with Crippen molar-refractivity contribution < 1.29 is 14.3 Å². The lowest BCUT2D eigenvalue weighted by Crippen LogP contribution is -2.36. The SMILES string of the molecule is COc1cc(C(=O)Nc2ccc(N3CCOCC3)nc2)ccc1C. The summed E-state index contributed by atoms with van der Waals surface area (Å²) in [7, 11) is 1.60. The molecule has 6 heteroatoms. The van der Waals surface area contributed by atoms with Crippen LogP contribution >= 0.6 is 0 Å². The van der Waals surface area contributed by atoms with E-state index in [0.717, 1.165) is 37.7 Å². The number of morpholine rings is 1. The molecule has 1 aromatic heterocycles. The fourth-order valence-corrected chi connectivity index (χ4v) is 2.60. The molecule has 0 bridgehead atoms. The highest BCUT2D eigenvalue weighted by atomic mass is 16.5. The van der Waals surface area contributed by atoms with Crippen LogP contribution < -0.4 is 15.0 Å². The number of amides is 1. The molecule has 3 rings (SSSR count). The molecule has 126 valence electrons. The third-order valence-electron chi connectivity index (χ3n) is 4.01. The number of hydrogen-bond donors (Lipinski definition) is 1. The second-order valence-corrected chi connectivity index (χ2v) is 5.64. The number of aryl methyl sites for hydroxylation is 1. The number of ether oxygens (including phenoxy) is 2. The molecule has 2 aromatic rings. The Balaban J connectivity index is 1.68. The van der Waals surface area contributed by atoms with Crippen LogP contribution in [0.2, 0.25) is 0 Å². The maximum Gasteiger partial charge on any atom is 0.255 e. The van der Waals surface area contributed by atoms with E-state index in [1.54, 1.807) is 25.4 Å². The van der Waals surface area contributed by atoms with Gasteiger partial charge in [0.1, 0.15) is 11.6 Å². The van der Waals surface area contributed by atoms with E-state index in [-0.39, 0.29) is 5.91 Å². The molecule has 1 aliphatic heterocycles. The number of carbonyl (C=O) groups is 1. The molecule has 0 aliphatic carbocycles. The van der Waals surface area contributed by atoms with Gasteiger partial charge >= 0.3 is 0 Å². The minimum Gasteiger partial charge on any atom is -0.496 e. The van der Waals surface area contributed by atoms with Crippen LogP contribution in [0.1, 0.15) is 15.9 Å². The van der Waals surface area contributed by atoms with E-state index in [1.165, 1.54) is 0 Å². The second-order valence-electron chi connectivity index (χ2n) is 5.64. The Morgan fingerprint density at radius 2 is 2.04 bits per heavy atom. The second kappa shape index (κ2) is 7.31. The standard InChI is InChI=1S/C18H21N3O3/c1-13-3-4-14(11-16(13)23-2)18(22)20-15-5-6-17(19-12-15)21-7-9-24-10-8-21/h3-6,11-12H,7-10H2,1-2H3,(H,20,22). The van der Waals surface area contributed by atoms with Gasteiger partial charge in [0.2, 0.25) is 0 Å². The van der Waals surface area contributed by atoms with Crippen molar-refractivity contribution in [2.75, 3.05) is 43.6 Å². The van der Waals surface area contributed by atoms with E-state index in [9.17, 15) is 4.79 Å². The smallest absolute Gasteiger partial charge is 0.255 e. The Hall–Kier alpha value is -2.60.